The predicted octanol–water partition coefficient (Wildman–Crippen LogP) is 2.92. The van der Waals surface area contributed by atoms with E-state index in [1.807, 2.05) is 36.1 Å². The first-order valence-electron chi connectivity index (χ1n) is 11.7. The van der Waals surface area contributed by atoms with Crippen LogP contribution >= 0.6 is 11.3 Å². The third-order valence-corrected chi connectivity index (χ3v) is 8.10. The molecule has 0 saturated carbocycles. The van der Waals surface area contributed by atoms with Crippen molar-refractivity contribution in [1.82, 2.24) is 19.8 Å². The van der Waals surface area contributed by atoms with Crippen molar-refractivity contribution in [1.29, 1.82) is 0 Å². The number of carbonyl (C=O) groups is 2. The fraction of sp³-hybridized carbons (Fsp3) is 0.440. The molecule has 2 fully saturated rings. The minimum absolute atomic E-state index is 0.0705. The number of likely N-dealkylation sites (N-methyl/N-ethyl adjacent to an activating group) is 1. The van der Waals surface area contributed by atoms with Crippen molar-refractivity contribution < 1.29 is 9.59 Å². The van der Waals surface area contributed by atoms with Crippen molar-refractivity contribution >= 4 is 44.7 Å². The fourth-order valence-corrected chi connectivity index (χ4v) is 5.84. The minimum Gasteiger partial charge on any atom is -0.368 e. The van der Waals surface area contributed by atoms with E-state index < -0.39 is 0 Å². The molecule has 2 saturated heterocycles. The number of amides is 1. The molecule has 1 amide bonds. The zero-order valence-corrected chi connectivity index (χ0v) is 20.8. The van der Waals surface area contributed by atoms with E-state index in [1.165, 1.54) is 11.3 Å². The number of thiophene rings is 1. The van der Waals surface area contributed by atoms with Crippen molar-refractivity contribution in [3.8, 4) is 0 Å². The van der Waals surface area contributed by atoms with Gasteiger partial charge in [0, 0.05) is 63.6 Å². The molecule has 0 atom stereocenters. The second-order valence-corrected chi connectivity index (χ2v) is 10.1. The van der Waals surface area contributed by atoms with Crippen LogP contribution < -0.4 is 9.80 Å². The number of piperazine rings is 2. The number of carbonyl (C=O) groups excluding carboxylic acids is 2. The normalized spacial score (nSPS) is 17.4. The maximum Gasteiger partial charge on any atom is 0.264 e. The molecule has 1 aromatic carbocycles. The molecule has 0 N–H and O–H groups in total. The Morgan fingerprint density at radius 3 is 2.18 bits per heavy atom. The molecule has 0 bridgehead atoms. The van der Waals surface area contributed by atoms with Crippen molar-refractivity contribution in [3.05, 3.63) is 46.6 Å². The predicted molar refractivity (Wildman–Crippen MR) is 136 cm³/mol. The van der Waals surface area contributed by atoms with E-state index in [2.05, 4.69) is 31.7 Å². The van der Waals surface area contributed by atoms with E-state index in [0.29, 0.717) is 13.1 Å². The van der Waals surface area contributed by atoms with Crippen molar-refractivity contribution in [2.75, 3.05) is 69.2 Å². The Labute approximate surface area is 203 Å². The van der Waals surface area contributed by atoms with Gasteiger partial charge in [0.25, 0.3) is 5.91 Å². The molecule has 5 rings (SSSR count). The SMILES string of the molecule is CC(=O)c1ccc(N2CCN(C(=O)c3sc4ncnc(N5CCN(C)CC5)c4c3C)CC2)cc1. The van der Waals surface area contributed by atoms with Crippen LogP contribution in [0.5, 0.6) is 0 Å². The van der Waals surface area contributed by atoms with E-state index >= 15 is 0 Å². The number of Topliss-reactive ketones (excluding diaryl/α,β-unsaturated/α-hetero) is 1. The van der Waals surface area contributed by atoms with Crippen LogP contribution in [0.4, 0.5) is 11.5 Å². The molecular weight excluding hydrogens is 448 g/mol. The van der Waals surface area contributed by atoms with Gasteiger partial charge in [-0.05, 0) is 50.7 Å². The summed E-state index contributed by atoms with van der Waals surface area (Å²) in [6.07, 6.45) is 1.62. The lowest BCUT2D eigenvalue weighted by molar-refractivity contribution is 0.0751. The number of rotatable bonds is 4. The van der Waals surface area contributed by atoms with E-state index in [9.17, 15) is 9.59 Å². The number of anilines is 2. The molecule has 4 heterocycles. The van der Waals surface area contributed by atoms with E-state index in [-0.39, 0.29) is 11.7 Å². The van der Waals surface area contributed by atoms with Gasteiger partial charge in [-0.25, -0.2) is 9.97 Å². The van der Waals surface area contributed by atoms with Crippen molar-refractivity contribution in [2.45, 2.75) is 13.8 Å². The highest BCUT2D eigenvalue weighted by Crippen LogP contribution is 2.36. The van der Waals surface area contributed by atoms with Crippen LogP contribution in [0.15, 0.2) is 30.6 Å². The lowest BCUT2D eigenvalue weighted by atomic mass is 10.1. The van der Waals surface area contributed by atoms with Crippen LogP contribution in [-0.2, 0) is 0 Å². The quantitative estimate of drug-likeness (QED) is 0.534. The monoisotopic (exact) mass is 478 g/mol. The summed E-state index contributed by atoms with van der Waals surface area (Å²) in [5, 5.41) is 1.02. The van der Waals surface area contributed by atoms with E-state index in [0.717, 1.165) is 77.0 Å². The van der Waals surface area contributed by atoms with Gasteiger partial charge in [0.1, 0.15) is 17.0 Å². The summed E-state index contributed by atoms with van der Waals surface area (Å²) in [5.74, 6) is 1.10. The molecule has 9 heteroatoms. The number of fused-ring (bicyclic) bond motifs is 1. The maximum absolute atomic E-state index is 13.5. The number of hydrogen-bond donors (Lipinski definition) is 0. The lowest BCUT2D eigenvalue weighted by Gasteiger charge is -2.36. The van der Waals surface area contributed by atoms with Crippen molar-refractivity contribution in [2.24, 2.45) is 0 Å². The smallest absolute Gasteiger partial charge is 0.264 e. The Morgan fingerprint density at radius 1 is 0.882 bits per heavy atom. The number of ketones is 1. The van der Waals surface area contributed by atoms with Gasteiger partial charge in [-0.15, -0.1) is 11.3 Å². The summed E-state index contributed by atoms with van der Waals surface area (Å²) in [6, 6.07) is 7.72. The topological polar surface area (TPSA) is 72.9 Å². The molecule has 0 radical (unpaired) electrons. The van der Waals surface area contributed by atoms with Gasteiger partial charge in [-0.2, -0.15) is 0 Å². The first kappa shape index (κ1) is 22.7. The molecule has 8 nitrogen and oxygen atoms in total. The van der Waals surface area contributed by atoms with Crippen LogP contribution in [0.1, 0.15) is 32.5 Å². The standard InChI is InChI=1S/C25H30N6O2S/c1-17-21-23(30-10-8-28(3)9-11-30)26-16-27-24(21)34-22(17)25(33)31-14-12-29(13-15-31)20-6-4-19(5-7-20)18(2)32/h4-7,16H,8-15H2,1-3H3. The molecule has 0 spiro atoms. The summed E-state index contributed by atoms with van der Waals surface area (Å²) in [5.41, 5.74) is 2.79. The van der Waals surface area contributed by atoms with Gasteiger partial charge < -0.3 is 19.6 Å². The average molecular weight is 479 g/mol. The summed E-state index contributed by atoms with van der Waals surface area (Å²) in [7, 11) is 2.14. The molecule has 0 aliphatic carbocycles. The van der Waals surface area contributed by atoms with Gasteiger partial charge in [0.15, 0.2) is 5.78 Å². The van der Waals surface area contributed by atoms with Gasteiger partial charge >= 0.3 is 0 Å². The largest absolute Gasteiger partial charge is 0.368 e. The minimum atomic E-state index is 0.0705. The van der Waals surface area contributed by atoms with Crippen LogP contribution in [0.2, 0.25) is 0 Å². The van der Waals surface area contributed by atoms with Gasteiger partial charge in [-0.3, -0.25) is 9.59 Å². The van der Waals surface area contributed by atoms with Gasteiger partial charge in [0.2, 0.25) is 0 Å². The molecule has 3 aromatic rings. The summed E-state index contributed by atoms with van der Waals surface area (Å²) in [6.45, 7) is 10.3. The Morgan fingerprint density at radius 2 is 1.53 bits per heavy atom. The summed E-state index contributed by atoms with van der Waals surface area (Å²) < 4.78 is 0. The Bertz CT molecular complexity index is 1210. The first-order valence-corrected chi connectivity index (χ1v) is 12.6. The highest BCUT2D eigenvalue weighted by molar-refractivity contribution is 7.20. The third-order valence-electron chi connectivity index (χ3n) is 6.91. The molecule has 34 heavy (non-hydrogen) atoms. The maximum atomic E-state index is 13.5. The zero-order chi connectivity index (χ0) is 23.8. The zero-order valence-electron chi connectivity index (χ0n) is 20.0. The molecule has 2 aliphatic heterocycles. The van der Waals surface area contributed by atoms with Crippen molar-refractivity contribution in [3.63, 3.8) is 0 Å². The van der Waals surface area contributed by atoms with Gasteiger partial charge in [0.05, 0.1) is 10.3 Å². The molecule has 178 valence electrons. The first-order chi connectivity index (χ1) is 16.4. The third kappa shape index (κ3) is 4.25. The summed E-state index contributed by atoms with van der Waals surface area (Å²) in [4.78, 5) is 44.6. The van der Waals surface area contributed by atoms with E-state index in [1.54, 1.807) is 13.3 Å². The average Bonchev–Trinajstić information content (AvgIpc) is 3.21. The van der Waals surface area contributed by atoms with Gasteiger partial charge in [-0.1, -0.05) is 0 Å². The molecule has 2 aliphatic rings. The molecule has 2 aromatic heterocycles. The Balaban J connectivity index is 1.32. The number of nitrogens with zero attached hydrogens (tertiary/aromatic N) is 6. The number of benzene rings is 1. The molecular formula is C25H30N6O2S. The Hall–Kier alpha value is -3.04. The van der Waals surface area contributed by atoms with E-state index in [4.69, 9.17) is 0 Å². The second kappa shape index (κ2) is 9.31. The molecule has 0 unspecified atom stereocenters. The second-order valence-electron chi connectivity index (χ2n) is 9.11. The number of aromatic nitrogens is 2. The number of hydrogen-bond acceptors (Lipinski definition) is 8. The summed E-state index contributed by atoms with van der Waals surface area (Å²) >= 11 is 1.48. The lowest BCUT2D eigenvalue weighted by Crippen LogP contribution is -2.48. The van der Waals surface area contributed by atoms with Crippen LogP contribution in [0, 0.1) is 6.92 Å². The Kier molecular flexibility index (Phi) is 6.22. The highest BCUT2D eigenvalue weighted by Gasteiger charge is 2.28. The van der Waals surface area contributed by atoms with Crippen LogP contribution in [-0.4, -0.2) is 90.9 Å². The van der Waals surface area contributed by atoms with Crippen LogP contribution in [0.25, 0.3) is 10.2 Å². The highest BCUT2D eigenvalue weighted by atomic mass is 32.1. The fourth-order valence-electron chi connectivity index (χ4n) is 4.73. The van der Waals surface area contributed by atoms with Crippen LogP contribution in [0.3, 0.4) is 0 Å². The number of aryl methyl sites for hydroxylation is 1.